The number of benzene rings is 1. The molecule has 0 spiro atoms. The Morgan fingerprint density at radius 1 is 1.26 bits per heavy atom. The lowest BCUT2D eigenvalue weighted by molar-refractivity contribution is -0.908. The van der Waals surface area contributed by atoms with Crippen LogP contribution in [0.1, 0.15) is 6.42 Å². The minimum Gasteiger partial charge on any atom is -0.493 e. The highest BCUT2D eigenvalue weighted by molar-refractivity contribution is 5.51. The number of nitrogen functional groups attached to an aromatic ring is 1. The van der Waals surface area contributed by atoms with Crippen LogP contribution in [0.3, 0.4) is 0 Å². The van der Waals surface area contributed by atoms with E-state index in [0.29, 0.717) is 18.0 Å². The topological polar surface area (TPSA) is 58.2 Å². The molecule has 1 aliphatic heterocycles. The third-order valence-electron chi connectivity index (χ3n) is 3.32. The van der Waals surface area contributed by atoms with E-state index < -0.39 is 0 Å². The van der Waals surface area contributed by atoms with Gasteiger partial charge in [0.05, 0.1) is 33.5 Å². The molecule has 0 unspecified atom stereocenters. The van der Waals surface area contributed by atoms with Gasteiger partial charge in [-0.2, -0.15) is 0 Å². The van der Waals surface area contributed by atoms with E-state index in [4.69, 9.17) is 19.9 Å². The third kappa shape index (κ3) is 4.29. The number of hydrogen-bond acceptors (Lipinski definition) is 4. The number of methoxy groups -OCH3 is 1. The van der Waals surface area contributed by atoms with E-state index in [0.717, 1.165) is 45.0 Å². The van der Waals surface area contributed by atoms with E-state index in [9.17, 15) is 0 Å². The number of nitrogens with two attached hydrogens (primary N) is 1. The number of ether oxygens (including phenoxy) is 3. The van der Waals surface area contributed by atoms with Crippen LogP contribution in [0, 0.1) is 0 Å². The number of quaternary nitrogens is 1. The van der Waals surface area contributed by atoms with Gasteiger partial charge >= 0.3 is 0 Å². The van der Waals surface area contributed by atoms with Crippen molar-refractivity contribution in [2.45, 2.75) is 6.42 Å². The maximum absolute atomic E-state index is 5.75. The van der Waals surface area contributed by atoms with E-state index in [1.54, 1.807) is 18.1 Å². The molecule has 106 valence electrons. The van der Waals surface area contributed by atoms with Crippen LogP contribution in [0.2, 0.25) is 0 Å². The smallest absolute Gasteiger partial charge is 0.162 e. The van der Waals surface area contributed by atoms with Crippen molar-refractivity contribution in [3.63, 3.8) is 0 Å². The zero-order valence-electron chi connectivity index (χ0n) is 11.5. The lowest BCUT2D eigenvalue weighted by Crippen LogP contribution is -3.14. The number of nitrogens with one attached hydrogen (secondary N) is 1. The molecule has 1 fully saturated rings. The molecule has 5 nitrogen and oxygen atoms in total. The molecular formula is C14H23N2O3+. The lowest BCUT2D eigenvalue weighted by Gasteiger charge is -2.23. The summed E-state index contributed by atoms with van der Waals surface area (Å²) in [4.78, 5) is 1.60. The molecule has 0 bridgehead atoms. The van der Waals surface area contributed by atoms with Crippen LogP contribution in [0.5, 0.6) is 11.5 Å². The molecule has 3 N–H and O–H groups in total. The second-order valence-electron chi connectivity index (χ2n) is 4.72. The Kier molecular flexibility index (Phi) is 5.30. The lowest BCUT2D eigenvalue weighted by atomic mass is 10.3. The van der Waals surface area contributed by atoms with Crippen molar-refractivity contribution in [1.29, 1.82) is 0 Å². The fourth-order valence-corrected chi connectivity index (χ4v) is 2.22. The summed E-state index contributed by atoms with van der Waals surface area (Å²) >= 11 is 0. The van der Waals surface area contributed by atoms with Crippen LogP contribution in [0.25, 0.3) is 0 Å². The van der Waals surface area contributed by atoms with Gasteiger partial charge in [0.1, 0.15) is 13.1 Å². The SMILES string of the molecule is COc1cc(N)ccc1OCCC[NH+]1CCOCC1. The van der Waals surface area contributed by atoms with Gasteiger partial charge in [0, 0.05) is 18.2 Å². The zero-order valence-corrected chi connectivity index (χ0v) is 11.5. The van der Waals surface area contributed by atoms with Crippen molar-refractivity contribution in [2.24, 2.45) is 0 Å². The van der Waals surface area contributed by atoms with Gasteiger partial charge in [-0.25, -0.2) is 0 Å². The highest BCUT2D eigenvalue weighted by Crippen LogP contribution is 2.28. The quantitative estimate of drug-likeness (QED) is 0.561. The fourth-order valence-electron chi connectivity index (χ4n) is 2.22. The number of hydrogen-bond donors (Lipinski definition) is 2. The Labute approximate surface area is 114 Å². The van der Waals surface area contributed by atoms with Crippen LogP contribution in [0.15, 0.2) is 18.2 Å². The Morgan fingerprint density at radius 2 is 2.05 bits per heavy atom. The molecule has 0 aliphatic carbocycles. The Bertz CT molecular complexity index is 392. The van der Waals surface area contributed by atoms with E-state index in [1.807, 2.05) is 12.1 Å². The molecule has 1 saturated heterocycles. The van der Waals surface area contributed by atoms with Crippen LogP contribution >= 0.6 is 0 Å². The Balaban J connectivity index is 1.73. The molecule has 19 heavy (non-hydrogen) atoms. The van der Waals surface area contributed by atoms with Crippen molar-refractivity contribution in [1.82, 2.24) is 0 Å². The van der Waals surface area contributed by atoms with Gasteiger partial charge in [-0.1, -0.05) is 0 Å². The number of rotatable bonds is 6. The average Bonchev–Trinajstić information content (AvgIpc) is 2.46. The summed E-state index contributed by atoms with van der Waals surface area (Å²) in [5.41, 5.74) is 6.39. The standard InChI is InChI=1S/C14H22N2O3/c1-17-14-11-12(15)3-4-13(14)19-8-2-5-16-6-9-18-10-7-16/h3-4,11H,2,5-10,15H2,1H3/p+1. The van der Waals surface area contributed by atoms with Crippen molar-refractivity contribution in [2.75, 3.05) is 52.3 Å². The first-order valence-electron chi connectivity index (χ1n) is 6.77. The summed E-state index contributed by atoms with van der Waals surface area (Å²) in [6.45, 7) is 5.78. The molecule has 1 aromatic rings. The summed E-state index contributed by atoms with van der Waals surface area (Å²) in [5.74, 6) is 1.45. The van der Waals surface area contributed by atoms with Crippen LogP contribution in [-0.2, 0) is 4.74 Å². The maximum atomic E-state index is 5.75. The molecule has 1 heterocycles. The third-order valence-corrected chi connectivity index (χ3v) is 3.32. The highest BCUT2D eigenvalue weighted by Gasteiger charge is 2.13. The van der Waals surface area contributed by atoms with Crippen molar-refractivity contribution in [3.8, 4) is 11.5 Å². The molecule has 2 rings (SSSR count). The molecule has 1 aromatic carbocycles. The molecule has 0 aromatic heterocycles. The molecule has 5 heteroatoms. The second-order valence-corrected chi connectivity index (χ2v) is 4.72. The Morgan fingerprint density at radius 3 is 2.79 bits per heavy atom. The van der Waals surface area contributed by atoms with Gasteiger partial charge in [-0.15, -0.1) is 0 Å². The summed E-state index contributed by atoms with van der Waals surface area (Å²) < 4.78 is 16.3. The molecule has 0 radical (unpaired) electrons. The predicted octanol–water partition coefficient (Wildman–Crippen LogP) is -0.0386. The molecular weight excluding hydrogens is 244 g/mol. The first-order valence-corrected chi connectivity index (χ1v) is 6.77. The van der Waals surface area contributed by atoms with Crippen LogP contribution in [0.4, 0.5) is 5.69 Å². The molecule has 1 aliphatic rings. The van der Waals surface area contributed by atoms with Gasteiger partial charge in [0.2, 0.25) is 0 Å². The van der Waals surface area contributed by atoms with Crippen molar-refractivity contribution >= 4 is 5.69 Å². The van der Waals surface area contributed by atoms with Gasteiger partial charge in [-0.3, -0.25) is 0 Å². The second kappa shape index (κ2) is 7.21. The van der Waals surface area contributed by atoms with Gasteiger partial charge < -0.3 is 24.8 Å². The Hall–Kier alpha value is -1.46. The summed E-state index contributed by atoms with van der Waals surface area (Å²) in [5, 5.41) is 0. The summed E-state index contributed by atoms with van der Waals surface area (Å²) in [7, 11) is 1.62. The number of anilines is 1. The van der Waals surface area contributed by atoms with Gasteiger partial charge in [0.25, 0.3) is 0 Å². The monoisotopic (exact) mass is 267 g/mol. The van der Waals surface area contributed by atoms with Crippen LogP contribution in [-0.4, -0.2) is 46.6 Å². The summed E-state index contributed by atoms with van der Waals surface area (Å²) in [6.07, 6.45) is 1.03. The maximum Gasteiger partial charge on any atom is 0.162 e. The molecule has 0 atom stereocenters. The van der Waals surface area contributed by atoms with E-state index in [1.165, 1.54) is 0 Å². The highest BCUT2D eigenvalue weighted by atomic mass is 16.5. The molecule has 0 amide bonds. The average molecular weight is 267 g/mol. The predicted molar refractivity (Wildman–Crippen MR) is 73.9 cm³/mol. The first kappa shape index (κ1) is 14.0. The number of morpholine rings is 1. The largest absolute Gasteiger partial charge is 0.493 e. The fraction of sp³-hybridized carbons (Fsp3) is 0.571. The minimum absolute atomic E-state index is 0.682. The minimum atomic E-state index is 0.682. The first-order chi connectivity index (χ1) is 9.29. The summed E-state index contributed by atoms with van der Waals surface area (Å²) in [6, 6.07) is 5.46. The van der Waals surface area contributed by atoms with Crippen LogP contribution < -0.4 is 20.1 Å². The molecule has 0 saturated carbocycles. The zero-order chi connectivity index (χ0) is 13.5. The van der Waals surface area contributed by atoms with E-state index >= 15 is 0 Å². The van der Waals surface area contributed by atoms with Crippen molar-refractivity contribution < 1.29 is 19.1 Å². The van der Waals surface area contributed by atoms with Crippen molar-refractivity contribution in [3.05, 3.63) is 18.2 Å². The van der Waals surface area contributed by atoms with Gasteiger partial charge in [-0.05, 0) is 12.1 Å². The normalized spacial score (nSPS) is 16.3. The van der Waals surface area contributed by atoms with E-state index in [-0.39, 0.29) is 0 Å². The van der Waals surface area contributed by atoms with E-state index in [2.05, 4.69) is 0 Å². The van der Waals surface area contributed by atoms with Gasteiger partial charge in [0.15, 0.2) is 11.5 Å².